The van der Waals surface area contributed by atoms with Gasteiger partial charge in [-0.1, -0.05) is 34.1 Å². The van der Waals surface area contributed by atoms with Gasteiger partial charge >= 0.3 is 0 Å². The maximum atomic E-state index is 5.58. The number of halogens is 2. The van der Waals surface area contributed by atoms with E-state index in [4.69, 9.17) is 16.3 Å². The van der Waals surface area contributed by atoms with Crippen LogP contribution in [0.5, 0.6) is 5.75 Å². The maximum Gasteiger partial charge on any atom is 0.138 e. The Bertz CT molecular complexity index is 273. The molecule has 0 aliphatic heterocycles. The van der Waals surface area contributed by atoms with E-state index in [1.807, 2.05) is 0 Å². The van der Waals surface area contributed by atoms with Gasteiger partial charge in [-0.15, -0.1) is 0 Å². The molecule has 0 N–H and O–H groups in total. The number of aromatic nitrogens is 1. The number of ether oxygens (including phenoxy) is 1. The molecule has 1 aromatic rings. The van der Waals surface area contributed by atoms with Crippen LogP contribution in [0, 0.1) is 0 Å². The molecule has 1 heterocycles. The van der Waals surface area contributed by atoms with E-state index in [1.54, 1.807) is 18.3 Å². The summed E-state index contributed by atoms with van der Waals surface area (Å²) in [5, 5.41) is 0.458. The van der Waals surface area contributed by atoms with E-state index in [-0.39, 0.29) is 0 Å². The van der Waals surface area contributed by atoms with Gasteiger partial charge < -0.3 is 4.74 Å². The van der Waals surface area contributed by atoms with Gasteiger partial charge in [0.2, 0.25) is 0 Å². The first-order valence-corrected chi connectivity index (χ1v) is 4.43. The lowest BCUT2D eigenvalue weighted by Crippen LogP contribution is -1.95. The van der Waals surface area contributed by atoms with Crippen LogP contribution in [-0.4, -0.2) is 11.6 Å². The summed E-state index contributed by atoms with van der Waals surface area (Å²) in [6.45, 7) is 4.07. The molecule has 0 aromatic carbocycles. The molecule has 0 radical (unpaired) electrons. The van der Waals surface area contributed by atoms with Crippen molar-refractivity contribution in [3.05, 3.63) is 34.5 Å². The lowest BCUT2D eigenvalue weighted by Gasteiger charge is -2.03. The van der Waals surface area contributed by atoms with E-state index in [9.17, 15) is 0 Å². The third kappa shape index (κ3) is 3.24. The number of nitrogens with zero attached hydrogens (tertiary/aromatic N) is 1. The van der Waals surface area contributed by atoms with Crippen molar-refractivity contribution in [1.82, 2.24) is 4.98 Å². The van der Waals surface area contributed by atoms with Crippen molar-refractivity contribution >= 4 is 27.5 Å². The van der Waals surface area contributed by atoms with Crippen molar-refractivity contribution in [2.24, 2.45) is 0 Å². The van der Waals surface area contributed by atoms with Crippen LogP contribution in [0.15, 0.2) is 29.4 Å². The predicted molar refractivity (Wildman–Crippen MR) is 52.8 cm³/mol. The Morgan fingerprint density at radius 2 is 2.42 bits per heavy atom. The Labute approximate surface area is 84.3 Å². The fourth-order valence-electron chi connectivity index (χ4n) is 0.609. The molecule has 1 aromatic heterocycles. The van der Waals surface area contributed by atoms with E-state index in [0.29, 0.717) is 17.5 Å². The van der Waals surface area contributed by atoms with E-state index in [0.717, 1.165) is 4.48 Å². The lowest BCUT2D eigenvalue weighted by molar-refractivity contribution is 0.359. The minimum absolute atomic E-state index is 0.434. The Hall–Kier alpha value is -0.540. The molecule has 0 spiro atoms. The summed E-state index contributed by atoms with van der Waals surface area (Å²) in [5.74, 6) is 0.681. The van der Waals surface area contributed by atoms with Crippen LogP contribution < -0.4 is 4.74 Å². The molecule has 2 nitrogen and oxygen atoms in total. The van der Waals surface area contributed by atoms with Crippen molar-refractivity contribution in [3.8, 4) is 5.75 Å². The minimum Gasteiger partial charge on any atom is -0.487 e. The topological polar surface area (TPSA) is 22.1 Å². The average molecular weight is 249 g/mol. The lowest BCUT2D eigenvalue weighted by atomic mass is 10.5. The first-order valence-electron chi connectivity index (χ1n) is 3.26. The molecule has 0 bridgehead atoms. The fourth-order valence-corrected chi connectivity index (χ4v) is 0.836. The van der Waals surface area contributed by atoms with Gasteiger partial charge in [-0.2, -0.15) is 0 Å². The molecule has 0 saturated carbocycles. The van der Waals surface area contributed by atoms with E-state index < -0.39 is 0 Å². The van der Waals surface area contributed by atoms with Gasteiger partial charge in [0, 0.05) is 4.48 Å². The quantitative estimate of drug-likeness (QED) is 0.767. The zero-order chi connectivity index (χ0) is 8.97. The van der Waals surface area contributed by atoms with Gasteiger partial charge in [0.1, 0.15) is 17.5 Å². The highest BCUT2D eigenvalue weighted by Crippen LogP contribution is 2.13. The van der Waals surface area contributed by atoms with Crippen LogP contribution in [0.1, 0.15) is 0 Å². The molecule has 64 valence electrons. The molecule has 1 rings (SSSR count). The largest absolute Gasteiger partial charge is 0.487 e. The highest BCUT2D eigenvalue weighted by Gasteiger charge is 1.94. The van der Waals surface area contributed by atoms with Gasteiger partial charge in [0.05, 0.1) is 6.20 Å². The van der Waals surface area contributed by atoms with Crippen LogP contribution in [-0.2, 0) is 0 Å². The fraction of sp³-hybridized carbons (Fsp3) is 0.125. The summed E-state index contributed by atoms with van der Waals surface area (Å²) < 4.78 is 6.04. The molecule has 0 atom stereocenters. The van der Waals surface area contributed by atoms with Crippen LogP contribution in [0.3, 0.4) is 0 Å². The second kappa shape index (κ2) is 4.48. The summed E-state index contributed by atoms with van der Waals surface area (Å²) in [5.41, 5.74) is 0. The summed E-state index contributed by atoms with van der Waals surface area (Å²) in [6, 6.07) is 3.43. The third-order valence-electron chi connectivity index (χ3n) is 1.10. The number of rotatable bonds is 3. The molecule has 0 fully saturated rings. The number of hydrogen-bond acceptors (Lipinski definition) is 2. The Morgan fingerprint density at radius 3 is 2.92 bits per heavy atom. The van der Waals surface area contributed by atoms with Crippen LogP contribution in [0.4, 0.5) is 0 Å². The zero-order valence-corrected chi connectivity index (χ0v) is 8.60. The summed E-state index contributed by atoms with van der Waals surface area (Å²) in [7, 11) is 0. The molecular weight excluding hydrogens is 241 g/mol. The Balaban J connectivity index is 2.53. The highest BCUT2D eigenvalue weighted by molar-refractivity contribution is 9.11. The SMILES string of the molecule is C=C(Br)COc1ccc(Cl)nc1. The monoisotopic (exact) mass is 247 g/mol. The summed E-state index contributed by atoms with van der Waals surface area (Å²) in [4.78, 5) is 3.85. The van der Waals surface area contributed by atoms with Gasteiger partial charge in [-0.3, -0.25) is 0 Å². The smallest absolute Gasteiger partial charge is 0.138 e. The van der Waals surface area contributed by atoms with E-state index >= 15 is 0 Å². The molecule has 0 unspecified atom stereocenters. The Kier molecular flexibility index (Phi) is 3.56. The van der Waals surface area contributed by atoms with Crippen molar-refractivity contribution in [2.45, 2.75) is 0 Å². The predicted octanol–water partition coefficient (Wildman–Crippen LogP) is 3.02. The summed E-state index contributed by atoms with van der Waals surface area (Å²) >= 11 is 8.76. The molecule has 0 amide bonds. The van der Waals surface area contributed by atoms with E-state index in [2.05, 4.69) is 27.5 Å². The van der Waals surface area contributed by atoms with Gasteiger partial charge in [0.15, 0.2) is 0 Å². The number of pyridine rings is 1. The van der Waals surface area contributed by atoms with Gasteiger partial charge in [-0.25, -0.2) is 4.98 Å². The highest BCUT2D eigenvalue weighted by atomic mass is 79.9. The van der Waals surface area contributed by atoms with Crippen LogP contribution in [0.2, 0.25) is 5.15 Å². The van der Waals surface area contributed by atoms with Crippen LogP contribution >= 0.6 is 27.5 Å². The Morgan fingerprint density at radius 1 is 1.67 bits per heavy atom. The first-order chi connectivity index (χ1) is 5.68. The van der Waals surface area contributed by atoms with Crippen LogP contribution in [0.25, 0.3) is 0 Å². The minimum atomic E-state index is 0.434. The molecule has 12 heavy (non-hydrogen) atoms. The second-order valence-electron chi connectivity index (χ2n) is 2.12. The maximum absolute atomic E-state index is 5.58. The van der Waals surface area contributed by atoms with Crippen molar-refractivity contribution < 1.29 is 4.74 Å². The normalized spacial score (nSPS) is 9.50. The third-order valence-corrected chi connectivity index (χ3v) is 1.55. The standard InChI is InChI=1S/C8H7BrClNO/c1-6(9)5-12-7-2-3-8(10)11-4-7/h2-4H,1,5H2. The molecule has 0 aliphatic carbocycles. The second-order valence-corrected chi connectivity index (χ2v) is 3.63. The van der Waals surface area contributed by atoms with Crippen molar-refractivity contribution in [2.75, 3.05) is 6.61 Å². The van der Waals surface area contributed by atoms with E-state index in [1.165, 1.54) is 0 Å². The van der Waals surface area contributed by atoms with Crippen molar-refractivity contribution in [1.29, 1.82) is 0 Å². The molecule has 4 heteroatoms. The molecule has 0 saturated heterocycles. The zero-order valence-electron chi connectivity index (χ0n) is 6.26. The average Bonchev–Trinajstić information content (AvgIpc) is 2.03. The molecule has 0 aliphatic rings. The molecular formula is C8H7BrClNO. The number of hydrogen-bond donors (Lipinski definition) is 0. The first kappa shape index (κ1) is 9.55. The van der Waals surface area contributed by atoms with Gasteiger partial charge in [0.25, 0.3) is 0 Å². The summed E-state index contributed by atoms with van der Waals surface area (Å²) in [6.07, 6.45) is 1.57. The van der Waals surface area contributed by atoms with Gasteiger partial charge in [-0.05, 0) is 12.1 Å². The van der Waals surface area contributed by atoms with Crippen molar-refractivity contribution in [3.63, 3.8) is 0 Å².